The molecule has 2 aromatic rings. The standard InChI is InChI=1S/C16H24N6O3S.CH2O2/c1-4-17-16-19-7-12(8-20-16)15-18-5-6-22(15)14-10-25-9-13(14)11-26(23,24)21(2)3;2-1-3/h5-8,13-14H,4,9-11H2,1-3H3,(H,17,19,20);1H,(H,2,3)/t13-,14+;/m0./s1. The van der Waals surface area contributed by atoms with Gasteiger partial charge in [0.2, 0.25) is 16.0 Å². The van der Waals surface area contributed by atoms with Crippen molar-refractivity contribution in [1.82, 2.24) is 23.8 Å². The average Bonchev–Trinajstić information content (AvgIpc) is 3.32. The fourth-order valence-electron chi connectivity index (χ4n) is 2.97. The molecule has 0 amide bonds. The number of aromatic nitrogens is 4. The Labute approximate surface area is 169 Å². The Morgan fingerprint density at radius 1 is 1.31 bits per heavy atom. The predicted octanol–water partition coefficient (Wildman–Crippen LogP) is 0.552. The van der Waals surface area contributed by atoms with Gasteiger partial charge in [-0.1, -0.05) is 0 Å². The third kappa shape index (κ3) is 5.71. The maximum Gasteiger partial charge on any atom is 0.290 e. The van der Waals surface area contributed by atoms with Gasteiger partial charge in [-0.15, -0.1) is 0 Å². The minimum atomic E-state index is -3.31. The van der Waals surface area contributed by atoms with Crippen molar-refractivity contribution in [1.29, 1.82) is 0 Å². The molecule has 0 spiro atoms. The highest BCUT2D eigenvalue weighted by molar-refractivity contribution is 7.89. The summed E-state index contributed by atoms with van der Waals surface area (Å²) < 4.78 is 33.4. The quantitative estimate of drug-likeness (QED) is 0.607. The second-order valence-corrected chi connectivity index (χ2v) is 8.74. The number of imidazole rings is 1. The maximum atomic E-state index is 12.3. The van der Waals surface area contributed by atoms with Crippen LogP contribution >= 0.6 is 0 Å². The summed E-state index contributed by atoms with van der Waals surface area (Å²) in [6.45, 7) is 3.33. The molecule has 2 N–H and O–H groups in total. The van der Waals surface area contributed by atoms with Gasteiger partial charge in [0.05, 0.1) is 30.6 Å². The monoisotopic (exact) mass is 426 g/mol. The van der Waals surface area contributed by atoms with E-state index < -0.39 is 10.0 Å². The molecule has 3 heterocycles. The van der Waals surface area contributed by atoms with E-state index in [1.165, 1.54) is 4.31 Å². The third-order valence-electron chi connectivity index (χ3n) is 4.42. The molecule has 2 aromatic heterocycles. The minimum Gasteiger partial charge on any atom is -0.483 e. The first kappa shape index (κ1) is 22.7. The highest BCUT2D eigenvalue weighted by atomic mass is 32.2. The van der Waals surface area contributed by atoms with Crippen LogP contribution in [0.2, 0.25) is 0 Å². The number of nitrogens with zero attached hydrogens (tertiary/aromatic N) is 5. The fraction of sp³-hybridized carbons (Fsp3) is 0.529. The second-order valence-electron chi connectivity index (χ2n) is 6.52. The molecule has 0 aliphatic carbocycles. The van der Waals surface area contributed by atoms with Crippen LogP contribution in [-0.2, 0) is 19.6 Å². The molecule has 3 rings (SSSR count). The van der Waals surface area contributed by atoms with Crippen LogP contribution in [0.4, 0.5) is 5.95 Å². The normalized spacial score (nSPS) is 18.9. The molecule has 0 aromatic carbocycles. The van der Waals surface area contributed by atoms with Crippen LogP contribution in [0, 0.1) is 5.92 Å². The maximum absolute atomic E-state index is 12.3. The molecule has 1 fully saturated rings. The van der Waals surface area contributed by atoms with E-state index in [1.54, 1.807) is 32.7 Å². The number of sulfonamides is 1. The van der Waals surface area contributed by atoms with Gasteiger partial charge in [-0.05, 0) is 6.92 Å². The largest absolute Gasteiger partial charge is 0.483 e. The van der Waals surface area contributed by atoms with Gasteiger partial charge in [-0.3, -0.25) is 4.79 Å². The van der Waals surface area contributed by atoms with Crippen LogP contribution in [0.1, 0.15) is 13.0 Å². The first-order valence-corrected chi connectivity index (χ1v) is 10.6. The molecular weight excluding hydrogens is 400 g/mol. The Balaban J connectivity index is 0.000000941. The molecule has 12 heteroatoms. The van der Waals surface area contributed by atoms with E-state index in [-0.39, 0.29) is 24.2 Å². The second kappa shape index (κ2) is 10.3. The van der Waals surface area contributed by atoms with Crippen molar-refractivity contribution in [3.8, 4) is 11.4 Å². The summed E-state index contributed by atoms with van der Waals surface area (Å²) in [6.07, 6.45) is 6.97. The van der Waals surface area contributed by atoms with Crippen molar-refractivity contribution in [2.75, 3.05) is 44.9 Å². The Morgan fingerprint density at radius 3 is 2.55 bits per heavy atom. The number of anilines is 1. The van der Waals surface area contributed by atoms with Gasteiger partial charge in [-0.2, -0.15) is 0 Å². The Bertz CT molecular complexity index is 884. The number of rotatable bonds is 7. The predicted molar refractivity (Wildman–Crippen MR) is 107 cm³/mol. The molecule has 1 aliphatic heterocycles. The third-order valence-corrected chi connectivity index (χ3v) is 6.38. The molecule has 160 valence electrons. The number of ether oxygens (including phenoxy) is 1. The zero-order valence-electron chi connectivity index (χ0n) is 16.6. The molecule has 0 bridgehead atoms. The fourth-order valence-corrected chi connectivity index (χ4v) is 4.13. The van der Waals surface area contributed by atoms with Gasteiger partial charge in [0.25, 0.3) is 6.47 Å². The molecule has 2 atom stereocenters. The summed E-state index contributed by atoms with van der Waals surface area (Å²) in [7, 11) is -0.213. The zero-order chi connectivity index (χ0) is 21.4. The van der Waals surface area contributed by atoms with Crippen molar-refractivity contribution in [2.45, 2.75) is 13.0 Å². The van der Waals surface area contributed by atoms with E-state index in [2.05, 4.69) is 20.3 Å². The van der Waals surface area contributed by atoms with Gasteiger partial charge >= 0.3 is 0 Å². The molecule has 0 saturated carbocycles. The highest BCUT2D eigenvalue weighted by Crippen LogP contribution is 2.31. The highest BCUT2D eigenvalue weighted by Gasteiger charge is 2.35. The zero-order valence-corrected chi connectivity index (χ0v) is 17.4. The summed E-state index contributed by atoms with van der Waals surface area (Å²) in [5.41, 5.74) is 0.776. The van der Waals surface area contributed by atoms with Gasteiger partial charge in [0.1, 0.15) is 5.82 Å². The van der Waals surface area contributed by atoms with Crippen LogP contribution in [0.15, 0.2) is 24.8 Å². The Morgan fingerprint density at radius 2 is 1.97 bits per heavy atom. The van der Waals surface area contributed by atoms with Crippen LogP contribution in [0.25, 0.3) is 11.4 Å². The lowest BCUT2D eigenvalue weighted by molar-refractivity contribution is -0.122. The first-order chi connectivity index (χ1) is 13.8. The van der Waals surface area contributed by atoms with Crippen molar-refractivity contribution in [3.05, 3.63) is 24.8 Å². The molecular formula is C17H26N6O5S. The van der Waals surface area contributed by atoms with Crippen LogP contribution in [-0.4, -0.2) is 83.4 Å². The SMILES string of the molecule is CCNc1ncc(-c2nccn2[C@@H]2COC[C@H]2CS(=O)(=O)N(C)C)cn1.O=CO. The van der Waals surface area contributed by atoms with Crippen molar-refractivity contribution in [3.63, 3.8) is 0 Å². The lowest BCUT2D eigenvalue weighted by Gasteiger charge is -2.22. The van der Waals surface area contributed by atoms with E-state index in [0.29, 0.717) is 25.0 Å². The van der Waals surface area contributed by atoms with E-state index in [4.69, 9.17) is 14.6 Å². The minimum absolute atomic E-state index is 0.0398. The molecule has 1 aliphatic rings. The van der Waals surface area contributed by atoms with Gasteiger partial charge < -0.3 is 19.7 Å². The van der Waals surface area contributed by atoms with Gasteiger partial charge in [0, 0.05) is 51.3 Å². The molecule has 0 radical (unpaired) electrons. The summed E-state index contributed by atoms with van der Waals surface area (Å²) in [6, 6.07) is -0.101. The molecule has 29 heavy (non-hydrogen) atoms. The van der Waals surface area contributed by atoms with E-state index in [9.17, 15) is 8.42 Å². The number of hydrogen-bond acceptors (Lipinski definition) is 8. The topological polar surface area (TPSA) is 140 Å². The first-order valence-electron chi connectivity index (χ1n) is 8.99. The van der Waals surface area contributed by atoms with Crippen molar-refractivity contribution < 1.29 is 23.1 Å². The number of hydrogen-bond donors (Lipinski definition) is 2. The van der Waals surface area contributed by atoms with Gasteiger partial charge in [0.15, 0.2) is 0 Å². The average molecular weight is 426 g/mol. The van der Waals surface area contributed by atoms with E-state index >= 15 is 0 Å². The smallest absolute Gasteiger partial charge is 0.290 e. The van der Waals surface area contributed by atoms with Gasteiger partial charge in [-0.25, -0.2) is 27.7 Å². The van der Waals surface area contributed by atoms with Crippen LogP contribution < -0.4 is 5.32 Å². The number of carbonyl (C=O) groups is 1. The number of nitrogens with one attached hydrogen (secondary N) is 1. The Kier molecular flexibility index (Phi) is 8.05. The summed E-state index contributed by atoms with van der Waals surface area (Å²) in [5.74, 6) is 1.17. The Hall–Kier alpha value is -2.57. The molecule has 1 saturated heterocycles. The van der Waals surface area contributed by atoms with E-state index in [1.807, 2.05) is 17.7 Å². The summed E-state index contributed by atoms with van der Waals surface area (Å²) in [4.78, 5) is 21.3. The lowest BCUT2D eigenvalue weighted by atomic mass is 10.1. The summed E-state index contributed by atoms with van der Waals surface area (Å²) in [5, 5.41) is 9.94. The van der Waals surface area contributed by atoms with Crippen LogP contribution in [0.5, 0.6) is 0 Å². The molecule has 0 unspecified atom stereocenters. The van der Waals surface area contributed by atoms with Crippen LogP contribution in [0.3, 0.4) is 0 Å². The van der Waals surface area contributed by atoms with Crippen molar-refractivity contribution in [2.24, 2.45) is 5.92 Å². The van der Waals surface area contributed by atoms with Crippen molar-refractivity contribution >= 4 is 22.4 Å². The summed E-state index contributed by atoms with van der Waals surface area (Å²) >= 11 is 0. The lowest BCUT2D eigenvalue weighted by Crippen LogP contribution is -2.32. The number of carboxylic acid groups (broad SMARTS) is 1. The molecule has 11 nitrogen and oxygen atoms in total. The van der Waals surface area contributed by atoms with E-state index in [0.717, 1.165) is 12.1 Å².